The highest BCUT2D eigenvalue weighted by Gasteiger charge is 2.03. The molecule has 2 heteroatoms. The maximum absolute atomic E-state index is 10.3. The average Bonchev–Trinajstić information content (AvgIpc) is 2.29. The summed E-state index contributed by atoms with van der Waals surface area (Å²) in [6, 6.07) is 9.97. The number of benzene rings is 1. The van der Waals surface area contributed by atoms with Gasteiger partial charge in [-0.25, -0.2) is 0 Å². The molecule has 1 aromatic rings. The fourth-order valence-electron chi connectivity index (χ4n) is 1.26. The Morgan fingerprint density at radius 1 is 1.33 bits per heavy atom. The van der Waals surface area contributed by atoms with Crippen LogP contribution in [0.2, 0.25) is 0 Å². The minimum absolute atomic E-state index is 0.131. The lowest BCUT2D eigenvalue weighted by molar-refractivity contribution is -0.108. The van der Waals surface area contributed by atoms with E-state index in [2.05, 4.69) is 6.58 Å². The molecule has 0 spiro atoms. The number of ether oxygens (including phenoxy) is 1. The first kappa shape index (κ1) is 11.7. The molecule has 0 radical (unpaired) electrons. The quantitative estimate of drug-likeness (QED) is 0.504. The van der Waals surface area contributed by atoms with Crippen LogP contribution in [0.5, 0.6) is 0 Å². The molecule has 15 heavy (non-hydrogen) atoms. The highest BCUT2D eigenvalue weighted by atomic mass is 16.5. The summed E-state index contributed by atoms with van der Waals surface area (Å²) in [4.78, 5) is 10.3. The van der Waals surface area contributed by atoms with Crippen molar-refractivity contribution in [3.63, 3.8) is 0 Å². The SMILES string of the molecule is C=C[C@@H](CC=O)COCc1ccccc1. The van der Waals surface area contributed by atoms with Crippen LogP contribution in [0.15, 0.2) is 43.0 Å². The number of carbonyl (C=O) groups excluding carboxylic acids is 1. The van der Waals surface area contributed by atoms with Crippen molar-refractivity contribution in [2.24, 2.45) is 5.92 Å². The highest BCUT2D eigenvalue weighted by molar-refractivity contribution is 5.50. The Morgan fingerprint density at radius 2 is 2.07 bits per heavy atom. The van der Waals surface area contributed by atoms with Crippen molar-refractivity contribution in [2.45, 2.75) is 13.0 Å². The fraction of sp³-hybridized carbons (Fsp3) is 0.308. The number of hydrogen-bond donors (Lipinski definition) is 0. The zero-order valence-electron chi connectivity index (χ0n) is 8.76. The van der Waals surface area contributed by atoms with Gasteiger partial charge in [0.1, 0.15) is 6.29 Å². The Hall–Kier alpha value is -1.41. The summed E-state index contributed by atoms with van der Waals surface area (Å²) in [5.41, 5.74) is 1.14. The predicted molar refractivity (Wildman–Crippen MR) is 60.5 cm³/mol. The van der Waals surface area contributed by atoms with Crippen molar-refractivity contribution in [1.29, 1.82) is 0 Å². The smallest absolute Gasteiger partial charge is 0.120 e. The van der Waals surface area contributed by atoms with E-state index in [0.717, 1.165) is 11.8 Å². The molecule has 1 atom stereocenters. The van der Waals surface area contributed by atoms with Gasteiger partial charge in [0.15, 0.2) is 0 Å². The van der Waals surface area contributed by atoms with E-state index in [1.807, 2.05) is 30.3 Å². The zero-order valence-corrected chi connectivity index (χ0v) is 8.76. The minimum atomic E-state index is 0.131. The van der Waals surface area contributed by atoms with Gasteiger partial charge in [0, 0.05) is 12.3 Å². The summed E-state index contributed by atoms with van der Waals surface area (Å²) in [5, 5.41) is 0. The van der Waals surface area contributed by atoms with Crippen molar-refractivity contribution >= 4 is 6.29 Å². The van der Waals surface area contributed by atoms with Crippen molar-refractivity contribution in [2.75, 3.05) is 6.61 Å². The first-order valence-corrected chi connectivity index (χ1v) is 5.04. The van der Waals surface area contributed by atoms with Crippen LogP contribution in [0.25, 0.3) is 0 Å². The molecule has 0 aliphatic carbocycles. The number of aldehydes is 1. The lowest BCUT2D eigenvalue weighted by atomic mass is 10.1. The fourth-order valence-corrected chi connectivity index (χ4v) is 1.26. The summed E-state index contributed by atoms with van der Waals surface area (Å²) < 4.78 is 5.50. The van der Waals surface area contributed by atoms with Crippen molar-refractivity contribution in [3.05, 3.63) is 48.6 Å². The first-order chi connectivity index (χ1) is 7.36. The van der Waals surface area contributed by atoms with E-state index >= 15 is 0 Å². The molecule has 0 saturated carbocycles. The van der Waals surface area contributed by atoms with E-state index in [-0.39, 0.29) is 5.92 Å². The van der Waals surface area contributed by atoms with E-state index < -0.39 is 0 Å². The minimum Gasteiger partial charge on any atom is -0.376 e. The van der Waals surface area contributed by atoms with Gasteiger partial charge in [0.2, 0.25) is 0 Å². The molecular formula is C13H16O2. The van der Waals surface area contributed by atoms with Gasteiger partial charge in [-0.2, -0.15) is 0 Å². The second kappa shape index (κ2) is 6.96. The van der Waals surface area contributed by atoms with Gasteiger partial charge in [-0.3, -0.25) is 0 Å². The predicted octanol–water partition coefficient (Wildman–Crippen LogP) is 2.59. The van der Waals surface area contributed by atoms with Gasteiger partial charge < -0.3 is 9.53 Å². The van der Waals surface area contributed by atoms with Crippen molar-refractivity contribution in [1.82, 2.24) is 0 Å². The van der Waals surface area contributed by atoms with Crippen LogP contribution >= 0.6 is 0 Å². The third kappa shape index (κ3) is 4.56. The molecular weight excluding hydrogens is 188 g/mol. The van der Waals surface area contributed by atoms with Crippen LogP contribution in [-0.4, -0.2) is 12.9 Å². The molecule has 0 heterocycles. The molecule has 0 amide bonds. The Balaban J connectivity index is 2.26. The van der Waals surface area contributed by atoms with E-state index in [1.54, 1.807) is 6.08 Å². The monoisotopic (exact) mass is 204 g/mol. The number of rotatable bonds is 7. The lowest BCUT2D eigenvalue weighted by Crippen LogP contribution is -2.07. The van der Waals surface area contributed by atoms with Gasteiger partial charge in [0.05, 0.1) is 13.2 Å². The molecule has 2 nitrogen and oxygen atoms in total. The molecule has 0 aliphatic heterocycles. The van der Waals surface area contributed by atoms with Crippen LogP contribution in [0.4, 0.5) is 0 Å². The Bertz CT molecular complexity index is 293. The van der Waals surface area contributed by atoms with Gasteiger partial charge in [-0.05, 0) is 5.56 Å². The van der Waals surface area contributed by atoms with E-state index in [4.69, 9.17) is 4.74 Å². The van der Waals surface area contributed by atoms with Gasteiger partial charge >= 0.3 is 0 Å². The molecule has 0 fully saturated rings. The Morgan fingerprint density at radius 3 is 2.67 bits per heavy atom. The van der Waals surface area contributed by atoms with Crippen LogP contribution in [-0.2, 0) is 16.1 Å². The van der Waals surface area contributed by atoms with Gasteiger partial charge in [-0.1, -0.05) is 36.4 Å². The Labute approximate surface area is 90.6 Å². The van der Waals surface area contributed by atoms with E-state index in [1.165, 1.54) is 0 Å². The van der Waals surface area contributed by atoms with Crippen molar-refractivity contribution < 1.29 is 9.53 Å². The normalized spacial score (nSPS) is 12.0. The summed E-state index contributed by atoms with van der Waals surface area (Å²) >= 11 is 0. The Kier molecular flexibility index (Phi) is 5.41. The van der Waals surface area contributed by atoms with Crippen molar-refractivity contribution in [3.8, 4) is 0 Å². The number of carbonyl (C=O) groups is 1. The summed E-state index contributed by atoms with van der Waals surface area (Å²) in [6.45, 7) is 4.81. The first-order valence-electron chi connectivity index (χ1n) is 5.04. The third-order valence-electron chi connectivity index (χ3n) is 2.18. The molecule has 0 N–H and O–H groups in total. The molecule has 1 aromatic carbocycles. The lowest BCUT2D eigenvalue weighted by Gasteiger charge is -2.09. The second-order valence-corrected chi connectivity index (χ2v) is 3.40. The van der Waals surface area contributed by atoms with Crippen LogP contribution in [0.3, 0.4) is 0 Å². The standard InChI is InChI=1S/C13H16O2/c1-2-12(8-9-14)10-15-11-13-6-4-3-5-7-13/h2-7,9,12H,1,8,10-11H2/t12-/m0/s1. The molecule has 0 saturated heterocycles. The largest absolute Gasteiger partial charge is 0.376 e. The number of hydrogen-bond acceptors (Lipinski definition) is 2. The maximum atomic E-state index is 10.3. The topological polar surface area (TPSA) is 26.3 Å². The maximum Gasteiger partial charge on any atom is 0.120 e. The second-order valence-electron chi connectivity index (χ2n) is 3.40. The average molecular weight is 204 g/mol. The van der Waals surface area contributed by atoms with Crippen LogP contribution in [0.1, 0.15) is 12.0 Å². The van der Waals surface area contributed by atoms with Crippen LogP contribution in [0, 0.1) is 5.92 Å². The van der Waals surface area contributed by atoms with Gasteiger partial charge in [0.25, 0.3) is 0 Å². The summed E-state index contributed by atoms with van der Waals surface area (Å²) in [7, 11) is 0. The van der Waals surface area contributed by atoms with E-state index in [9.17, 15) is 4.79 Å². The summed E-state index contributed by atoms with van der Waals surface area (Å²) in [6.07, 6.45) is 3.15. The molecule has 0 aromatic heterocycles. The van der Waals surface area contributed by atoms with Gasteiger partial charge in [-0.15, -0.1) is 6.58 Å². The molecule has 0 bridgehead atoms. The highest BCUT2D eigenvalue weighted by Crippen LogP contribution is 2.06. The molecule has 80 valence electrons. The van der Waals surface area contributed by atoms with E-state index in [0.29, 0.717) is 19.6 Å². The molecule has 1 rings (SSSR count). The zero-order chi connectivity index (χ0) is 10.9. The molecule has 0 unspecified atom stereocenters. The third-order valence-corrected chi connectivity index (χ3v) is 2.18. The summed E-state index contributed by atoms with van der Waals surface area (Å²) in [5.74, 6) is 0.131. The molecule has 0 aliphatic rings. The van der Waals surface area contributed by atoms with Crippen LogP contribution < -0.4 is 0 Å².